The first-order chi connectivity index (χ1) is 4.31. The van der Waals surface area contributed by atoms with Crippen molar-refractivity contribution in [3.8, 4) is 0 Å². The van der Waals surface area contributed by atoms with Crippen molar-refractivity contribution >= 4 is 7.28 Å². The molecule has 9 heavy (non-hydrogen) atoms. The Kier molecular flexibility index (Phi) is 1.13. The molecule has 0 unspecified atom stereocenters. The molecule has 2 aliphatic rings. The second-order valence-corrected chi connectivity index (χ2v) is 3.54. The molecule has 0 aliphatic carbocycles. The van der Waals surface area contributed by atoms with Crippen LogP contribution in [-0.4, -0.2) is 30.7 Å². The lowest BCUT2D eigenvalue weighted by atomic mass is 9.72. The molecule has 1 atom stereocenters. The van der Waals surface area contributed by atoms with Gasteiger partial charge in [-0.15, -0.1) is 0 Å². The second-order valence-electron chi connectivity index (χ2n) is 3.54. The minimum absolute atomic E-state index is 0.583. The van der Waals surface area contributed by atoms with Crippen LogP contribution in [0.1, 0.15) is 19.8 Å². The summed E-state index contributed by atoms with van der Waals surface area (Å²) in [6.45, 7) is 3.73. The van der Waals surface area contributed by atoms with Gasteiger partial charge in [-0.05, 0) is 32.8 Å². The molecule has 2 saturated heterocycles. The molecule has 0 spiro atoms. The molecule has 0 aromatic heterocycles. The van der Waals surface area contributed by atoms with Gasteiger partial charge < -0.3 is 4.90 Å². The minimum atomic E-state index is 0.583. The topological polar surface area (TPSA) is 3.24 Å². The molecule has 0 aromatic carbocycles. The molecule has 2 heterocycles. The lowest BCUT2D eigenvalue weighted by molar-refractivity contribution is 0.227. The highest BCUT2D eigenvalue weighted by molar-refractivity contribution is 6.37. The van der Waals surface area contributed by atoms with E-state index in [2.05, 4.69) is 19.1 Å². The van der Waals surface area contributed by atoms with E-state index in [0.717, 1.165) is 0 Å². The lowest BCUT2D eigenvalue weighted by Crippen LogP contribution is -2.33. The normalized spacial score (nSPS) is 42.8. The van der Waals surface area contributed by atoms with Crippen LogP contribution in [0.5, 0.6) is 0 Å². The summed E-state index contributed by atoms with van der Waals surface area (Å²) in [6, 6.07) is 0. The Labute approximate surface area is 57.7 Å². The molecule has 2 rings (SSSR count). The van der Waals surface area contributed by atoms with Gasteiger partial charge in [-0.1, -0.05) is 6.32 Å². The Balaban J connectivity index is 2.17. The standard InChI is InChI=1S/C7H13BN/c1-7-3-2-4-9(7)6-8-5-7/h2-6H2,1H3/t7-/m0/s1. The number of hydrogen-bond donors (Lipinski definition) is 0. The smallest absolute Gasteiger partial charge is 0.130 e. The molecule has 0 aromatic rings. The van der Waals surface area contributed by atoms with Crippen molar-refractivity contribution in [2.24, 2.45) is 0 Å². The molecule has 1 nitrogen and oxygen atoms in total. The van der Waals surface area contributed by atoms with Crippen LogP contribution in [0.15, 0.2) is 0 Å². The van der Waals surface area contributed by atoms with E-state index in [-0.39, 0.29) is 0 Å². The average Bonchev–Trinajstić information content (AvgIpc) is 2.22. The summed E-state index contributed by atoms with van der Waals surface area (Å²) in [7, 11) is 2.42. The van der Waals surface area contributed by atoms with Gasteiger partial charge in [0.05, 0.1) is 0 Å². The van der Waals surface area contributed by atoms with E-state index in [1.807, 2.05) is 0 Å². The summed E-state index contributed by atoms with van der Waals surface area (Å²) < 4.78 is 0. The van der Waals surface area contributed by atoms with E-state index in [1.54, 1.807) is 0 Å². The number of nitrogens with zero attached hydrogens (tertiary/aromatic N) is 1. The van der Waals surface area contributed by atoms with Gasteiger partial charge in [-0.3, -0.25) is 0 Å². The third kappa shape index (κ3) is 0.726. The molecule has 2 fully saturated rings. The maximum Gasteiger partial charge on any atom is 0.130 e. The summed E-state index contributed by atoms with van der Waals surface area (Å²) in [5.74, 6) is 0. The zero-order valence-electron chi connectivity index (χ0n) is 6.06. The van der Waals surface area contributed by atoms with E-state index < -0.39 is 0 Å². The fraction of sp³-hybridized carbons (Fsp3) is 1.00. The summed E-state index contributed by atoms with van der Waals surface area (Å²) in [4.78, 5) is 2.60. The molecular formula is C7H13BN. The molecule has 0 N–H and O–H groups in total. The van der Waals surface area contributed by atoms with Crippen LogP contribution in [0.3, 0.4) is 0 Å². The molecule has 0 saturated carbocycles. The summed E-state index contributed by atoms with van der Waals surface area (Å²) in [5, 5.41) is 0. The van der Waals surface area contributed by atoms with Gasteiger partial charge >= 0.3 is 0 Å². The first-order valence-electron chi connectivity index (χ1n) is 3.88. The predicted molar refractivity (Wildman–Crippen MR) is 39.8 cm³/mol. The van der Waals surface area contributed by atoms with Crippen LogP contribution >= 0.6 is 0 Å². The van der Waals surface area contributed by atoms with Crippen LogP contribution in [-0.2, 0) is 0 Å². The maximum atomic E-state index is 2.60. The first kappa shape index (κ1) is 5.78. The average molecular weight is 122 g/mol. The van der Waals surface area contributed by atoms with Gasteiger partial charge in [0.2, 0.25) is 0 Å². The fourth-order valence-electron chi connectivity index (χ4n) is 2.15. The Hall–Kier alpha value is 0.0249. The first-order valence-corrected chi connectivity index (χ1v) is 3.88. The third-order valence-electron chi connectivity index (χ3n) is 2.84. The largest absolute Gasteiger partial charge is 0.307 e. The molecule has 2 heteroatoms. The monoisotopic (exact) mass is 122 g/mol. The van der Waals surface area contributed by atoms with Gasteiger partial charge in [0.15, 0.2) is 0 Å². The van der Waals surface area contributed by atoms with E-state index >= 15 is 0 Å². The Morgan fingerprint density at radius 2 is 2.44 bits per heavy atom. The summed E-state index contributed by atoms with van der Waals surface area (Å²) in [6.07, 6.45) is 5.41. The number of rotatable bonds is 0. The van der Waals surface area contributed by atoms with E-state index in [0.29, 0.717) is 5.54 Å². The van der Waals surface area contributed by atoms with Crippen LogP contribution in [0, 0.1) is 0 Å². The Morgan fingerprint density at radius 1 is 1.56 bits per heavy atom. The lowest BCUT2D eigenvalue weighted by Gasteiger charge is -2.27. The predicted octanol–water partition coefficient (Wildman–Crippen LogP) is 0.934. The van der Waals surface area contributed by atoms with Crippen LogP contribution in [0.25, 0.3) is 0 Å². The molecule has 49 valence electrons. The number of hydrogen-bond acceptors (Lipinski definition) is 1. The van der Waals surface area contributed by atoms with Crippen LogP contribution in [0.2, 0.25) is 6.32 Å². The van der Waals surface area contributed by atoms with Gasteiger partial charge in [-0.25, -0.2) is 0 Å². The quantitative estimate of drug-likeness (QED) is 0.432. The Morgan fingerprint density at radius 3 is 3.22 bits per heavy atom. The van der Waals surface area contributed by atoms with Crippen molar-refractivity contribution in [1.82, 2.24) is 4.90 Å². The van der Waals surface area contributed by atoms with Crippen molar-refractivity contribution in [2.75, 3.05) is 13.0 Å². The van der Waals surface area contributed by atoms with E-state index in [9.17, 15) is 0 Å². The zero-order chi connectivity index (χ0) is 6.32. The molecule has 1 radical (unpaired) electrons. The highest BCUT2D eigenvalue weighted by Crippen LogP contribution is 2.35. The van der Waals surface area contributed by atoms with Gasteiger partial charge in [0, 0.05) is 5.54 Å². The van der Waals surface area contributed by atoms with E-state index in [1.165, 1.54) is 32.2 Å². The minimum Gasteiger partial charge on any atom is -0.307 e. The SMILES string of the molecule is C[C@]12C[B]CN1CCC2. The van der Waals surface area contributed by atoms with Crippen LogP contribution < -0.4 is 0 Å². The highest BCUT2D eigenvalue weighted by atomic mass is 15.2. The highest BCUT2D eigenvalue weighted by Gasteiger charge is 2.39. The van der Waals surface area contributed by atoms with Crippen molar-refractivity contribution in [3.63, 3.8) is 0 Å². The van der Waals surface area contributed by atoms with E-state index in [4.69, 9.17) is 0 Å². The summed E-state index contributed by atoms with van der Waals surface area (Å²) >= 11 is 0. The van der Waals surface area contributed by atoms with Crippen molar-refractivity contribution in [3.05, 3.63) is 0 Å². The number of fused-ring (bicyclic) bond motifs is 1. The second kappa shape index (κ2) is 1.75. The zero-order valence-corrected chi connectivity index (χ0v) is 6.06. The van der Waals surface area contributed by atoms with Gasteiger partial charge in [0.1, 0.15) is 7.28 Å². The van der Waals surface area contributed by atoms with Crippen molar-refractivity contribution in [1.29, 1.82) is 0 Å². The fourth-order valence-corrected chi connectivity index (χ4v) is 2.15. The molecule has 0 amide bonds. The molecule has 0 bridgehead atoms. The third-order valence-corrected chi connectivity index (χ3v) is 2.84. The van der Waals surface area contributed by atoms with Gasteiger partial charge in [-0.2, -0.15) is 0 Å². The molecular weight excluding hydrogens is 109 g/mol. The Bertz CT molecular complexity index is 114. The van der Waals surface area contributed by atoms with Crippen molar-refractivity contribution < 1.29 is 0 Å². The van der Waals surface area contributed by atoms with Gasteiger partial charge in [0.25, 0.3) is 0 Å². The van der Waals surface area contributed by atoms with Crippen molar-refractivity contribution in [2.45, 2.75) is 31.6 Å². The molecule has 2 aliphatic heterocycles. The summed E-state index contributed by atoms with van der Waals surface area (Å²) in [5.41, 5.74) is 0.583. The maximum absolute atomic E-state index is 2.60. The van der Waals surface area contributed by atoms with Crippen LogP contribution in [0.4, 0.5) is 0 Å².